The Bertz CT molecular complexity index is 753. The normalized spacial score (nSPS) is 9.83. The molecule has 0 aliphatic carbocycles. The van der Waals surface area contributed by atoms with Crippen molar-refractivity contribution in [1.29, 1.82) is 0 Å². The van der Waals surface area contributed by atoms with E-state index in [1.165, 1.54) is 0 Å². The SMILES string of the molecule is O=C(NNC(=S)NC(=O)c1cccc(Br)c1)c1ccc(Cl)cc1. The van der Waals surface area contributed by atoms with E-state index in [0.717, 1.165) is 4.47 Å². The Balaban J connectivity index is 1.86. The lowest BCUT2D eigenvalue weighted by Crippen LogP contribution is -2.48. The summed E-state index contributed by atoms with van der Waals surface area (Å²) in [5.41, 5.74) is 5.70. The van der Waals surface area contributed by atoms with Gasteiger partial charge in [0.15, 0.2) is 5.11 Å². The van der Waals surface area contributed by atoms with E-state index in [2.05, 4.69) is 32.1 Å². The van der Waals surface area contributed by atoms with Crippen molar-refractivity contribution in [2.24, 2.45) is 0 Å². The second-order valence-corrected chi connectivity index (χ2v) is 6.14. The van der Waals surface area contributed by atoms with Crippen LogP contribution < -0.4 is 16.2 Å². The maximum absolute atomic E-state index is 12.0. The number of halogens is 2. The van der Waals surface area contributed by atoms with E-state index in [-0.39, 0.29) is 11.0 Å². The average Bonchev–Trinajstić information content (AvgIpc) is 2.53. The molecule has 2 aromatic carbocycles. The Labute approximate surface area is 151 Å². The Hall–Kier alpha value is -1.96. The lowest BCUT2D eigenvalue weighted by Gasteiger charge is -2.11. The Morgan fingerprint density at radius 1 is 0.957 bits per heavy atom. The van der Waals surface area contributed by atoms with Crippen molar-refractivity contribution in [3.63, 3.8) is 0 Å². The fraction of sp³-hybridized carbons (Fsp3) is 0. The Morgan fingerprint density at radius 3 is 2.30 bits per heavy atom. The van der Waals surface area contributed by atoms with Crippen LogP contribution in [-0.2, 0) is 0 Å². The minimum Gasteiger partial charge on any atom is -0.298 e. The maximum Gasteiger partial charge on any atom is 0.269 e. The van der Waals surface area contributed by atoms with Gasteiger partial charge in [-0.15, -0.1) is 0 Å². The second-order valence-electron chi connectivity index (χ2n) is 4.38. The van der Waals surface area contributed by atoms with E-state index in [9.17, 15) is 9.59 Å². The van der Waals surface area contributed by atoms with Crippen LogP contribution in [0.5, 0.6) is 0 Å². The zero-order valence-electron chi connectivity index (χ0n) is 11.6. The quantitative estimate of drug-likeness (QED) is 0.524. The van der Waals surface area contributed by atoms with Crippen LogP contribution in [-0.4, -0.2) is 16.9 Å². The molecule has 23 heavy (non-hydrogen) atoms. The van der Waals surface area contributed by atoms with Crippen molar-refractivity contribution in [3.05, 3.63) is 69.2 Å². The first kappa shape index (κ1) is 17.4. The number of hydrogen-bond acceptors (Lipinski definition) is 3. The van der Waals surface area contributed by atoms with E-state index in [4.69, 9.17) is 23.8 Å². The highest BCUT2D eigenvalue weighted by Crippen LogP contribution is 2.11. The van der Waals surface area contributed by atoms with Crippen LogP contribution in [0.15, 0.2) is 53.0 Å². The van der Waals surface area contributed by atoms with Crippen LogP contribution in [0.2, 0.25) is 5.02 Å². The predicted molar refractivity (Wildman–Crippen MR) is 96.3 cm³/mol. The number of amides is 2. The monoisotopic (exact) mass is 411 g/mol. The number of nitrogens with one attached hydrogen (secondary N) is 3. The summed E-state index contributed by atoms with van der Waals surface area (Å²) >= 11 is 14.0. The van der Waals surface area contributed by atoms with Gasteiger partial charge in [-0.05, 0) is 54.7 Å². The van der Waals surface area contributed by atoms with E-state index < -0.39 is 5.91 Å². The van der Waals surface area contributed by atoms with Gasteiger partial charge in [0.1, 0.15) is 0 Å². The topological polar surface area (TPSA) is 70.2 Å². The van der Waals surface area contributed by atoms with Gasteiger partial charge in [-0.1, -0.05) is 33.6 Å². The van der Waals surface area contributed by atoms with Crippen LogP contribution in [0, 0.1) is 0 Å². The molecule has 2 rings (SSSR count). The minimum absolute atomic E-state index is 0.0164. The summed E-state index contributed by atoms with van der Waals surface area (Å²) < 4.78 is 0.778. The minimum atomic E-state index is -0.402. The number of rotatable bonds is 2. The van der Waals surface area contributed by atoms with Gasteiger partial charge in [0.05, 0.1) is 0 Å². The van der Waals surface area contributed by atoms with Gasteiger partial charge in [-0.25, -0.2) is 0 Å². The van der Waals surface area contributed by atoms with Gasteiger partial charge in [0, 0.05) is 20.6 Å². The molecule has 8 heteroatoms. The highest BCUT2D eigenvalue weighted by molar-refractivity contribution is 9.10. The molecule has 3 N–H and O–H groups in total. The molecule has 0 spiro atoms. The Morgan fingerprint density at radius 2 is 1.65 bits per heavy atom. The molecule has 0 heterocycles. The van der Waals surface area contributed by atoms with Crippen molar-refractivity contribution in [2.75, 3.05) is 0 Å². The molecule has 2 amide bonds. The van der Waals surface area contributed by atoms with E-state index in [1.807, 2.05) is 0 Å². The van der Waals surface area contributed by atoms with Crippen LogP contribution in [0.3, 0.4) is 0 Å². The standard InChI is InChI=1S/C15H11BrClN3O2S/c16-11-3-1-2-10(8-11)13(21)18-15(23)20-19-14(22)9-4-6-12(17)7-5-9/h1-8H,(H,19,22)(H2,18,20,21,23). The van der Waals surface area contributed by atoms with Crippen molar-refractivity contribution in [1.82, 2.24) is 16.2 Å². The number of thiocarbonyl (C=S) groups is 1. The fourth-order valence-electron chi connectivity index (χ4n) is 1.62. The molecule has 0 aliphatic heterocycles. The van der Waals surface area contributed by atoms with Crippen molar-refractivity contribution in [2.45, 2.75) is 0 Å². The molecule has 0 aliphatic rings. The molecule has 0 fully saturated rings. The zero-order chi connectivity index (χ0) is 16.8. The van der Waals surface area contributed by atoms with Gasteiger partial charge in [0.25, 0.3) is 11.8 Å². The number of benzene rings is 2. The third kappa shape index (κ3) is 5.31. The first-order valence-electron chi connectivity index (χ1n) is 6.38. The van der Waals surface area contributed by atoms with Gasteiger partial charge in [-0.2, -0.15) is 0 Å². The van der Waals surface area contributed by atoms with Crippen LogP contribution in [0.1, 0.15) is 20.7 Å². The molecule has 0 atom stereocenters. The molecule has 0 radical (unpaired) electrons. The van der Waals surface area contributed by atoms with Gasteiger partial charge in [-0.3, -0.25) is 25.8 Å². The summed E-state index contributed by atoms with van der Waals surface area (Å²) in [5.74, 6) is -0.787. The van der Waals surface area contributed by atoms with E-state index in [1.54, 1.807) is 48.5 Å². The van der Waals surface area contributed by atoms with Gasteiger partial charge >= 0.3 is 0 Å². The molecule has 0 saturated carbocycles. The highest BCUT2D eigenvalue weighted by atomic mass is 79.9. The third-order valence-corrected chi connectivity index (χ3v) is 3.66. The fourth-order valence-corrected chi connectivity index (χ4v) is 2.29. The van der Waals surface area contributed by atoms with Crippen molar-refractivity contribution >= 4 is 56.7 Å². The Kier molecular flexibility index (Phi) is 6.09. The lowest BCUT2D eigenvalue weighted by molar-refractivity contribution is 0.0934. The number of carbonyl (C=O) groups excluding carboxylic acids is 2. The van der Waals surface area contributed by atoms with Crippen LogP contribution in [0.25, 0.3) is 0 Å². The lowest BCUT2D eigenvalue weighted by atomic mass is 10.2. The summed E-state index contributed by atoms with van der Waals surface area (Å²) in [6.07, 6.45) is 0. The van der Waals surface area contributed by atoms with Gasteiger partial charge < -0.3 is 0 Å². The first-order chi connectivity index (χ1) is 11.0. The predicted octanol–water partition coefficient (Wildman–Crippen LogP) is 3.05. The number of hydrazine groups is 1. The summed E-state index contributed by atoms with van der Waals surface area (Å²) in [6.45, 7) is 0. The summed E-state index contributed by atoms with van der Waals surface area (Å²) in [7, 11) is 0. The van der Waals surface area contributed by atoms with Gasteiger partial charge in [0.2, 0.25) is 0 Å². The highest BCUT2D eigenvalue weighted by Gasteiger charge is 2.09. The molecule has 2 aromatic rings. The molecular formula is C15H11BrClN3O2S. The van der Waals surface area contributed by atoms with E-state index in [0.29, 0.717) is 16.1 Å². The van der Waals surface area contributed by atoms with E-state index >= 15 is 0 Å². The van der Waals surface area contributed by atoms with Crippen LogP contribution >= 0.6 is 39.7 Å². The summed E-state index contributed by atoms with van der Waals surface area (Å²) in [5, 5.41) is 2.98. The molecule has 0 bridgehead atoms. The molecular weight excluding hydrogens is 402 g/mol. The molecule has 0 saturated heterocycles. The summed E-state index contributed by atoms with van der Waals surface area (Å²) in [6, 6.07) is 13.2. The molecule has 0 unspecified atom stereocenters. The number of carbonyl (C=O) groups is 2. The summed E-state index contributed by atoms with van der Waals surface area (Å²) in [4.78, 5) is 23.8. The van der Waals surface area contributed by atoms with Crippen molar-refractivity contribution < 1.29 is 9.59 Å². The first-order valence-corrected chi connectivity index (χ1v) is 7.96. The molecule has 118 valence electrons. The zero-order valence-corrected chi connectivity index (χ0v) is 14.8. The van der Waals surface area contributed by atoms with Crippen molar-refractivity contribution in [3.8, 4) is 0 Å². The smallest absolute Gasteiger partial charge is 0.269 e. The molecule has 0 aromatic heterocycles. The average molecular weight is 413 g/mol. The maximum atomic E-state index is 12.0. The largest absolute Gasteiger partial charge is 0.298 e. The third-order valence-electron chi connectivity index (χ3n) is 2.71. The van der Waals surface area contributed by atoms with Crippen LogP contribution in [0.4, 0.5) is 0 Å². The second kappa shape index (κ2) is 8.05. The molecule has 5 nitrogen and oxygen atoms in total. The number of hydrogen-bond donors (Lipinski definition) is 3.